The van der Waals surface area contributed by atoms with E-state index in [9.17, 15) is 5.11 Å². The molecule has 0 aromatic heterocycles. The predicted octanol–water partition coefficient (Wildman–Crippen LogP) is 2.34. The van der Waals surface area contributed by atoms with Gasteiger partial charge >= 0.3 is 0 Å². The predicted molar refractivity (Wildman–Crippen MR) is 82.8 cm³/mol. The second kappa shape index (κ2) is 5.94. The fourth-order valence-corrected chi connectivity index (χ4v) is 4.64. The molecule has 1 saturated carbocycles. The third-order valence-corrected chi connectivity index (χ3v) is 6.28. The molecule has 2 aliphatic heterocycles. The molecule has 2 unspecified atom stereocenters. The maximum Gasteiger partial charge on any atom is 0.0499 e. The summed E-state index contributed by atoms with van der Waals surface area (Å²) < 4.78 is 0. The number of aliphatic hydroxyl groups is 1. The Morgan fingerprint density at radius 2 is 1.85 bits per heavy atom. The van der Waals surface area contributed by atoms with Crippen LogP contribution >= 0.6 is 0 Å². The minimum Gasteiger partial charge on any atom is -0.396 e. The van der Waals surface area contributed by atoms with E-state index in [4.69, 9.17) is 0 Å². The summed E-state index contributed by atoms with van der Waals surface area (Å²) in [6, 6.07) is 1.46. The zero-order valence-electron chi connectivity index (χ0n) is 13.4. The smallest absolute Gasteiger partial charge is 0.0499 e. The molecule has 3 aliphatic rings. The summed E-state index contributed by atoms with van der Waals surface area (Å²) in [5, 5.41) is 10.00. The Kier molecular flexibility index (Phi) is 4.40. The van der Waals surface area contributed by atoms with Crippen LogP contribution in [0.5, 0.6) is 0 Å². The Morgan fingerprint density at radius 3 is 2.55 bits per heavy atom. The lowest BCUT2D eigenvalue weighted by Gasteiger charge is -2.48. The average Bonchev–Trinajstić information content (AvgIpc) is 2.89. The third-order valence-electron chi connectivity index (χ3n) is 6.28. The number of rotatable bonds is 3. The normalized spacial score (nSPS) is 43.6. The van der Waals surface area contributed by atoms with Crippen molar-refractivity contribution < 1.29 is 5.11 Å². The topological polar surface area (TPSA) is 26.7 Å². The van der Waals surface area contributed by atoms with Crippen molar-refractivity contribution in [2.45, 2.75) is 64.5 Å². The number of hydrogen-bond acceptors (Lipinski definition) is 3. The van der Waals surface area contributed by atoms with E-state index in [-0.39, 0.29) is 5.41 Å². The van der Waals surface area contributed by atoms with Crippen LogP contribution in [0.4, 0.5) is 0 Å². The van der Waals surface area contributed by atoms with Gasteiger partial charge in [0.25, 0.3) is 0 Å². The van der Waals surface area contributed by atoms with E-state index in [1.807, 2.05) is 0 Å². The highest BCUT2D eigenvalue weighted by molar-refractivity contribution is 4.95. The summed E-state index contributed by atoms with van der Waals surface area (Å²) in [4.78, 5) is 5.38. The van der Waals surface area contributed by atoms with Crippen molar-refractivity contribution in [3.8, 4) is 0 Å². The SMILES string of the molecule is CC1CCC(CO)(CN2CC3CCCN3CC2C)CC1. The highest BCUT2D eigenvalue weighted by atomic mass is 16.3. The van der Waals surface area contributed by atoms with Gasteiger partial charge in [-0.15, -0.1) is 0 Å². The molecule has 0 aromatic rings. The van der Waals surface area contributed by atoms with Crippen LogP contribution in [0, 0.1) is 11.3 Å². The second-order valence-electron chi connectivity index (χ2n) is 7.91. The van der Waals surface area contributed by atoms with Gasteiger partial charge in [0, 0.05) is 43.7 Å². The molecule has 3 fully saturated rings. The van der Waals surface area contributed by atoms with E-state index < -0.39 is 0 Å². The van der Waals surface area contributed by atoms with Gasteiger partial charge in [0.2, 0.25) is 0 Å². The highest BCUT2D eigenvalue weighted by Crippen LogP contribution is 2.40. The van der Waals surface area contributed by atoms with Gasteiger partial charge in [-0.1, -0.05) is 19.8 Å². The van der Waals surface area contributed by atoms with Crippen LogP contribution in [0.25, 0.3) is 0 Å². The Balaban J connectivity index is 1.63. The first-order valence-electron chi connectivity index (χ1n) is 8.71. The molecule has 1 N–H and O–H groups in total. The van der Waals surface area contributed by atoms with E-state index in [2.05, 4.69) is 23.6 Å². The molecular weight excluding hydrogens is 248 g/mol. The van der Waals surface area contributed by atoms with Gasteiger partial charge in [-0.2, -0.15) is 0 Å². The van der Waals surface area contributed by atoms with E-state index in [1.165, 1.54) is 58.2 Å². The monoisotopic (exact) mass is 280 g/mol. The molecule has 3 rings (SSSR count). The summed E-state index contributed by atoms with van der Waals surface area (Å²) >= 11 is 0. The van der Waals surface area contributed by atoms with Crippen molar-refractivity contribution in [1.82, 2.24) is 9.80 Å². The lowest BCUT2D eigenvalue weighted by molar-refractivity contribution is -0.0161. The maximum absolute atomic E-state index is 10.00. The van der Waals surface area contributed by atoms with E-state index in [0.717, 1.165) is 18.5 Å². The molecule has 20 heavy (non-hydrogen) atoms. The van der Waals surface area contributed by atoms with Gasteiger partial charge < -0.3 is 5.11 Å². The molecule has 0 amide bonds. The van der Waals surface area contributed by atoms with E-state index in [0.29, 0.717) is 12.6 Å². The number of aliphatic hydroxyl groups excluding tert-OH is 1. The molecule has 3 heteroatoms. The van der Waals surface area contributed by atoms with Crippen LogP contribution in [0.1, 0.15) is 52.4 Å². The lowest BCUT2D eigenvalue weighted by atomic mass is 9.70. The van der Waals surface area contributed by atoms with E-state index in [1.54, 1.807) is 0 Å². The van der Waals surface area contributed by atoms with Gasteiger partial charge in [-0.05, 0) is 45.1 Å². The van der Waals surface area contributed by atoms with Crippen LogP contribution in [-0.2, 0) is 0 Å². The second-order valence-corrected chi connectivity index (χ2v) is 7.91. The van der Waals surface area contributed by atoms with Gasteiger partial charge in [0.05, 0.1) is 0 Å². The summed E-state index contributed by atoms with van der Waals surface area (Å²) in [7, 11) is 0. The lowest BCUT2D eigenvalue weighted by Crippen LogP contribution is -2.58. The first kappa shape index (κ1) is 14.8. The van der Waals surface area contributed by atoms with Crippen molar-refractivity contribution in [3.63, 3.8) is 0 Å². The molecule has 0 spiro atoms. The number of hydrogen-bond donors (Lipinski definition) is 1. The van der Waals surface area contributed by atoms with Gasteiger partial charge in [-0.3, -0.25) is 9.80 Å². The number of fused-ring (bicyclic) bond motifs is 1. The first-order chi connectivity index (χ1) is 9.62. The van der Waals surface area contributed by atoms with Crippen molar-refractivity contribution in [1.29, 1.82) is 0 Å². The van der Waals surface area contributed by atoms with Gasteiger partial charge in [-0.25, -0.2) is 0 Å². The van der Waals surface area contributed by atoms with Gasteiger partial charge in [0.15, 0.2) is 0 Å². The van der Waals surface area contributed by atoms with Crippen LogP contribution < -0.4 is 0 Å². The Labute approximate surface area is 124 Å². The summed E-state index contributed by atoms with van der Waals surface area (Å²) in [5.74, 6) is 0.860. The Hall–Kier alpha value is -0.120. The summed E-state index contributed by atoms with van der Waals surface area (Å²) in [6.45, 7) is 10.0. The molecule has 2 atom stereocenters. The molecule has 0 aromatic carbocycles. The zero-order chi connectivity index (χ0) is 14.2. The van der Waals surface area contributed by atoms with Gasteiger partial charge in [0.1, 0.15) is 0 Å². The van der Waals surface area contributed by atoms with Crippen molar-refractivity contribution in [2.75, 3.05) is 32.8 Å². The van der Waals surface area contributed by atoms with Crippen LogP contribution in [0.15, 0.2) is 0 Å². The molecular formula is C17H32N2O. The van der Waals surface area contributed by atoms with E-state index >= 15 is 0 Å². The Morgan fingerprint density at radius 1 is 1.10 bits per heavy atom. The Bertz CT molecular complexity index is 325. The van der Waals surface area contributed by atoms with Crippen LogP contribution in [0.2, 0.25) is 0 Å². The average molecular weight is 280 g/mol. The summed E-state index contributed by atoms with van der Waals surface area (Å²) in [5.41, 5.74) is 0.196. The first-order valence-corrected chi connectivity index (χ1v) is 8.71. The minimum atomic E-state index is 0.196. The highest BCUT2D eigenvalue weighted by Gasteiger charge is 2.40. The third kappa shape index (κ3) is 2.90. The molecule has 1 aliphatic carbocycles. The van der Waals surface area contributed by atoms with Crippen molar-refractivity contribution >= 4 is 0 Å². The maximum atomic E-state index is 10.00. The van der Waals surface area contributed by atoms with Crippen molar-refractivity contribution in [2.24, 2.45) is 11.3 Å². The van der Waals surface area contributed by atoms with Crippen LogP contribution in [0.3, 0.4) is 0 Å². The quantitative estimate of drug-likeness (QED) is 0.859. The molecule has 2 saturated heterocycles. The molecule has 116 valence electrons. The fourth-order valence-electron chi connectivity index (χ4n) is 4.64. The zero-order valence-corrected chi connectivity index (χ0v) is 13.4. The standard InChI is InChI=1S/C17H32N2O/c1-14-5-7-17(13-20,8-6-14)12-19-11-16-4-3-9-18(16)10-15(19)2/h14-16,20H,3-13H2,1-2H3. The number of nitrogens with zero attached hydrogens (tertiary/aromatic N) is 2. The number of piperazine rings is 1. The molecule has 3 nitrogen and oxygen atoms in total. The fraction of sp³-hybridized carbons (Fsp3) is 1.00. The minimum absolute atomic E-state index is 0.196. The largest absolute Gasteiger partial charge is 0.396 e. The molecule has 0 bridgehead atoms. The van der Waals surface area contributed by atoms with Crippen molar-refractivity contribution in [3.05, 3.63) is 0 Å². The molecule has 2 heterocycles. The summed E-state index contributed by atoms with van der Waals surface area (Å²) in [6.07, 6.45) is 7.82. The molecule has 0 radical (unpaired) electrons. The van der Waals surface area contributed by atoms with Crippen LogP contribution in [-0.4, -0.2) is 59.8 Å².